The molecule has 136 valence electrons. The largest absolute Gasteiger partial charge is 0.449 e. The summed E-state index contributed by atoms with van der Waals surface area (Å²) < 4.78 is 7.79. The van der Waals surface area contributed by atoms with E-state index >= 15 is 0 Å². The van der Waals surface area contributed by atoms with Gasteiger partial charge in [0.25, 0.3) is 0 Å². The zero-order valence-electron chi connectivity index (χ0n) is 14.4. The van der Waals surface area contributed by atoms with Gasteiger partial charge in [0.15, 0.2) is 6.61 Å². The molecule has 0 fully saturated rings. The first kappa shape index (κ1) is 19.1. The van der Waals surface area contributed by atoms with Gasteiger partial charge in [-0.05, 0) is 53.7 Å². The van der Waals surface area contributed by atoms with Crippen LogP contribution in [0.15, 0.2) is 58.2 Å². The molecule has 0 N–H and O–H groups in total. The molecule has 0 aliphatic rings. The fourth-order valence-electron chi connectivity index (χ4n) is 2.17. The van der Waals surface area contributed by atoms with E-state index in [1.54, 1.807) is 16.8 Å². The van der Waals surface area contributed by atoms with Gasteiger partial charge >= 0.3 is 5.97 Å². The van der Waals surface area contributed by atoms with Crippen LogP contribution in [-0.4, -0.2) is 38.5 Å². The maximum absolute atomic E-state index is 11.9. The number of ether oxygens (including phenoxy) is 1. The van der Waals surface area contributed by atoms with Crippen molar-refractivity contribution in [2.75, 3.05) is 12.4 Å². The SMILES string of the molecule is Cc1cccc(C(=O)OCC#CCSc2nnnn2-c2ccc(Br)cc2)c1. The van der Waals surface area contributed by atoms with E-state index in [-0.39, 0.29) is 12.6 Å². The van der Waals surface area contributed by atoms with E-state index in [1.807, 2.05) is 43.3 Å². The van der Waals surface area contributed by atoms with Gasteiger partial charge in [-0.3, -0.25) is 0 Å². The van der Waals surface area contributed by atoms with Crippen molar-refractivity contribution in [2.24, 2.45) is 0 Å². The van der Waals surface area contributed by atoms with E-state index in [4.69, 9.17) is 4.74 Å². The summed E-state index contributed by atoms with van der Waals surface area (Å²) in [7, 11) is 0. The highest BCUT2D eigenvalue weighted by Crippen LogP contribution is 2.19. The minimum Gasteiger partial charge on any atom is -0.449 e. The van der Waals surface area contributed by atoms with Gasteiger partial charge in [0.2, 0.25) is 5.16 Å². The number of hydrogen-bond donors (Lipinski definition) is 0. The third-order valence-corrected chi connectivity index (χ3v) is 4.77. The van der Waals surface area contributed by atoms with Gasteiger partial charge in [0, 0.05) is 4.47 Å². The first-order chi connectivity index (χ1) is 13.1. The number of carbonyl (C=O) groups is 1. The van der Waals surface area contributed by atoms with Gasteiger partial charge in [-0.25, -0.2) is 4.79 Å². The number of halogens is 1. The molecule has 6 nitrogen and oxygen atoms in total. The molecule has 1 heterocycles. The van der Waals surface area contributed by atoms with E-state index in [0.717, 1.165) is 15.7 Å². The minimum atomic E-state index is -0.375. The fourth-order valence-corrected chi connectivity index (χ4v) is 3.10. The second-order valence-corrected chi connectivity index (χ2v) is 7.30. The summed E-state index contributed by atoms with van der Waals surface area (Å²) in [5, 5.41) is 12.4. The topological polar surface area (TPSA) is 69.9 Å². The Labute approximate surface area is 169 Å². The summed E-state index contributed by atoms with van der Waals surface area (Å²) >= 11 is 4.81. The summed E-state index contributed by atoms with van der Waals surface area (Å²) in [6.07, 6.45) is 0. The van der Waals surface area contributed by atoms with Crippen molar-refractivity contribution < 1.29 is 9.53 Å². The van der Waals surface area contributed by atoms with Crippen molar-refractivity contribution in [3.05, 3.63) is 64.1 Å². The summed E-state index contributed by atoms with van der Waals surface area (Å²) in [6, 6.07) is 14.9. The molecular formula is C19H15BrN4O2S. The Balaban J connectivity index is 1.49. The van der Waals surface area contributed by atoms with Crippen LogP contribution in [0.5, 0.6) is 0 Å². The van der Waals surface area contributed by atoms with E-state index in [0.29, 0.717) is 16.5 Å². The molecule has 0 bridgehead atoms. The summed E-state index contributed by atoms with van der Waals surface area (Å²) in [6.45, 7) is 1.97. The van der Waals surface area contributed by atoms with Crippen LogP contribution in [0.25, 0.3) is 5.69 Å². The van der Waals surface area contributed by atoms with Crippen LogP contribution >= 0.6 is 27.7 Å². The predicted octanol–water partition coefficient (Wildman–Crippen LogP) is 3.69. The Bertz CT molecular complexity index is 993. The van der Waals surface area contributed by atoms with E-state index in [1.165, 1.54) is 11.8 Å². The molecule has 0 amide bonds. The zero-order valence-corrected chi connectivity index (χ0v) is 16.8. The zero-order chi connectivity index (χ0) is 19.1. The molecule has 0 saturated heterocycles. The third-order valence-electron chi connectivity index (χ3n) is 3.44. The number of esters is 1. The third kappa shape index (κ3) is 5.42. The van der Waals surface area contributed by atoms with Gasteiger partial charge < -0.3 is 4.74 Å². The predicted molar refractivity (Wildman–Crippen MR) is 107 cm³/mol. The lowest BCUT2D eigenvalue weighted by Gasteiger charge is -2.02. The number of rotatable bonds is 5. The number of thioether (sulfide) groups is 1. The van der Waals surface area contributed by atoms with Crippen LogP contribution in [0.4, 0.5) is 0 Å². The first-order valence-corrected chi connectivity index (χ1v) is 9.78. The molecule has 0 atom stereocenters. The number of nitrogens with zero attached hydrogens (tertiary/aromatic N) is 4. The Morgan fingerprint density at radius 2 is 2.04 bits per heavy atom. The minimum absolute atomic E-state index is 0.0466. The molecule has 8 heteroatoms. The van der Waals surface area contributed by atoms with Gasteiger partial charge in [-0.15, -0.1) is 5.10 Å². The molecule has 0 radical (unpaired) electrons. The first-order valence-electron chi connectivity index (χ1n) is 8.00. The Kier molecular flexibility index (Phi) is 6.63. The number of aromatic nitrogens is 4. The number of aryl methyl sites for hydroxylation is 1. The van der Waals surface area contributed by atoms with Crippen molar-refractivity contribution in [1.82, 2.24) is 20.2 Å². The second-order valence-electron chi connectivity index (χ2n) is 5.44. The molecule has 2 aromatic carbocycles. The normalized spacial score (nSPS) is 10.1. The standard InChI is InChI=1S/C19H15BrN4O2S/c1-14-5-4-6-15(13-14)18(25)26-11-2-3-12-27-19-21-22-23-24(19)17-9-7-16(20)8-10-17/h4-10,13H,11-12H2,1H3. The molecule has 27 heavy (non-hydrogen) atoms. The molecule has 0 aliphatic carbocycles. The molecule has 1 aromatic heterocycles. The molecule has 3 aromatic rings. The number of hydrogen-bond acceptors (Lipinski definition) is 6. The fraction of sp³-hybridized carbons (Fsp3) is 0.158. The molecule has 0 aliphatic heterocycles. The summed E-state index contributed by atoms with van der Waals surface area (Å²) in [5.74, 6) is 5.89. The summed E-state index contributed by atoms with van der Waals surface area (Å²) in [5.41, 5.74) is 2.40. The average Bonchev–Trinajstić information content (AvgIpc) is 3.13. The van der Waals surface area contributed by atoms with Crippen molar-refractivity contribution >= 4 is 33.7 Å². The number of carbonyl (C=O) groups excluding carboxylic acids is 1. The smallest absolute Gasteiger partial charge is 0.339 e. The van der Waals surface area contributed by atoms with Gasteiger partial charge in [0.05, 0.1) is 17.0 Å². The van der Waals surface area contributed by atoms with Crippen LogP contribution in [-0.2, 0) is 4.74 Å². The molecule has 0 saturated carbocycles. The highest BCUT2D eigenvalue weighted by atomic mass is 79.9. The lowest BCUT2D eigenvalue weighted by atomic mass is 10.1. The van der Waals surface area contributed by atoms with E-state index in [2.05, 4.69) is 43.3 Å². The highest BCUT2D eigenvalue weighted by molar-refractivity contribution is 9.10. The molecule has 3 rings (SSSR count). The van der Waals surface area contributed by atoms with Crippen molar-refractivity contribution in [3.63, 3.8) is 0 Å². The van der Waals surface area contributed by atoms with Crippen LogP contribution in [0.1, 0.15) is 15.9 Å². The monoisotopic (exact) mass is 442 g/mol. The average molecular weight is 443 g/mol. The number of tetrazole rings is 1. The molecule has 0 unspecified atom stereocenters. The van der Waals surface area contributed by atoms with Crippen molar-refractivity contribution in [3.8, 4) is 17.5 Å². The lowest BCUT2D eigenvalue weighted by Crippen LogP contribution is -2.05. The Hall–Kier alpha value is -2.63. The Morgan fingerprint density at radius 1 is 1.22 bits per heavy atom. The highest BCUT2D eigenvalue weighted by Gasteiger charge is 2.08. The van der Waals surface area contributed by atoms with Crippen LogP contribution in [0, 0.1) is 18.8 Å². The molecular weight excluding hydrogens is 428 g/mol. The summed E-state index contributed by atoms with van der Waals surface area (Å²) in [4.78, 5) is 11.9. The lowest BCUT2D eigenvalue weighted by molar-refractivity contribution is 0.0556. The maximum Gasteiger partial charge on any atom is 0.339 e. The molecule has 0 spiro atoms. The van der Waals surface area contributed by atoms with Crippen LogP contribution < -0.4 is 0 Å². The Morgan fingerprint density at radius 3 is 2.81 bits per heavy atom. The van der Waals surface area contributed by atoms with Gasteiger partial charge in [0.1, 0.15) is 0 Å². The number of benzene rings is 2. The van der Waals surface area contributed by atoms with Gasteiger partial charge in [-0.2, -0.15) is 4.68 Å². The van der Waals surface area contributed by atoms with Crippen molar-refractivity contribution in [1.29, 1.82) is 0 Å². The quantitative estimate of drug-likeness (QED) is 0.341. The van der Waals surface area contributed by atoms with E-state index in [9.17, 15) is 4.79 Å². The van der Waals surface area contributed by atoms with Gasteiger partial charge in [-0.1, -0.05) is 57.2 Å². The van der Waals surface area contributed by atoms with Crippen LogP contribution in [0.3, 0.4) is 0 Å². The van der Waals surface area contributed by atoms with Crippen LogP contribution in [0.2, 0.25) is 0 Å². The van der Waals surface area contributed by atoms with Crippen molar-refractivity contribution in [2.45, 2.75) is 12.1 Å². The maximum atomic E-state index is 11.9. The second kappa shape index (κ2) is 9.35. The van der Waals surface area contributed by atoms with E-state index < -0.39 is 0 Å².